The number of aromatic nitrogens is 1. The summed E-state index contributed by atoms with van der Waals surface area (Å²) in [7, 11) is 0. The van der Waals surface area contributed by atoms with Gasteiger partial charge in [0.15, 0.2) is 0 Å². The molecule has 3 nitrogen and oxygen atoms in total. The van der Waals surface area contributed by atoms with Crippen molar-refractivity contribution >= 4 is 0 Å². The summed E-state index contributed by atoms with van der Waals surface area (Å²) in [5.41, 5.74) is 0.643. The molecule has 0 radical (unpaired) electrons. The van der Waals surface area contributed by atoms with Gasteiger partial charge in [-0.15, -0.1) is 0 Å². The Morgan fingerprint density at radius 3 is 2.41 bits per heavy atom. The third-order valence-electron chi connectivity index (χ3n) is 5.98. The van der Waals surface area contributed by atoms with Crippen LogP contribution in [0.4, 0.5) is 17.6 Å². The lowest BCUT2D eigenvalue weighted by Gasteiger charge is -2.38. The molecule has 3 aromatic rings. The second kappa shape index (κ2) is 9.38. The van der Waals surface area contributed by atoms with Crippen LogP contribution < -0.4 is 5.32 Å². The minimum atomic E-state index is -4.55. The Labute approximate surface area is 184 Å². The van der Waals surface area contributed by atoms with Crippen molar-refractivity contribution in [2.24, 2.45) is 0 Å². The van der Waals surface area contributed by atoms with E-state index in [0.29, 0.717) is 12.2 Å². The van der Waals surface area contributed by atoms with Gasteiger partial charge in [-0.3, -0.25) is 0 Å². The van der Waals surface area contributed by atoms with Crippen molar-refractivity contribution < 1.29 is 22.3 Å². The van der Waals surface area contributed by atoms with E-state index in [1.54, 1.807) is 0 Å². The smallest absolute Gasteiger partial charge is 0.376 e. The van der Waals surface area contributed by atoms with E-state index in [9.17, 15) is 17.6 Å². The first-order valence-corrected chi connectivity index (χ1v) is 10.5. The van der Waals surface area contributed by atoms with Gasteiger partial charge in [-0.05, 0) is 73.0 Å². The zero-order valence-corrected chi connectivity index (χ0v) is 17.5. The molecule has 0 bridgehead atoms. The molecule has 32 heavy (non-hydrogen) atoms. The number of pyridine rings is 1. The van der Waals surface area contributed by atoms with Gasteiger partial charge in [0.05, 0.1) is 18.8 Å². The molecule has 7 heteroatoms. The van der Waals surface area contributed by atoms with Crippen LogP contribution >= 0.6 is 0 Å². The van der Waals surface area contributed by atoms with Gasteiger partial charge in [-0.25, -0.2) is 4.98 Å². The average molecular weight is 444 g/mol. The fraction of sp³-hybridized carbons (Fsp3) is 0.320. The molecule has 0 saturated carbocycles. The molecule has 168 valence electrons. The predicted octanol–water partition coefficient (Wildman–Crippen LogP) is 5.74. The van der Waals surface area contributed by atoms with Crippen LogP contribution in [0, 0.1) is 5.95 Å². The number of hydrogen-bond donors (Lipinski definition) is 1. The first-order valence-electron chi connectivity index (χ1n) is 10.5. The van der Waals surface area contributed by atoms with Crippen LogP contribution in [0.1, 0.15) is 29.5 Å². The maximum absolute atomic E-state index is 14.1. The number of nitrogens with one attached hydrogen (secondary N) is 1. The van der Waals surface area contributed by atoms with Crippen molar-refractivity contribution in [1.29, 1.82) is 0 Å². The molecule has 0 atom stereocenters. The van der Waals surface area contributed by atoms with Crippen molar-refractivity contribution in [1.82, 2.24) is 10.3 Å². The SMILES string of the molecule is Fc1ncccc1-c1cc(COCC2(c3ccccc3)CCNCC2)cc(C(F)(F)F)c1. The predicted molar refractivity (Wildman–Crippen MR) is 115 cm³/mol. The Kier molecular flexibility index (Phi) is 6.58. The zero-order chi connectivity index (χ0) is 22.6. The highest BCUT2D eigenvalue weighted by molar-refractivity contribution is 5.65. The molecule has 1 N–H and O–H groups in total. The van der Waals surface area contributed by atoms with Gasteiger partial charge >= 0.3 is 6.18 Å². The lowest BCUT2D eigenvalue weighted by atomic mass is 9.74. The molecule has 0 aliphatic carbocycles. The fourth-order valence-electron chi connectivity index (χ4n) is 4.27. The highest BCUT2D eigenvalue weighted by Gasteiger charge is 2.34. The summed E-state index contributed by atoms with van der Waals surface area (Å²) >= 11 is 0. The Bertz CT molecular complexity index is 1050. The van der Waals surface area contributed by atoms with Crippen LogP contribution in [0.15, 0.2) is 66.9 Å². The van der Waals surface area contributed by atoms with Crippen molar-refractivity contribution in [3.8, 4) is 11.1 Å². The Hall–Kier alpha value is -2.77. The van der Waals surface area contributed by atoms with Gasteiger partial charge in [-0.2, -0.15) is 17.6 Å². The standard InChI is InChI=1S/C25H24F4N2O/c26-23-22(7-4-10-31-23)19-13-18(14-21(15-19)25(27,28)29)16-32-17-24(8-11-30-12-9-24)20-5-2-1-3-6-20/h1-7,10,13-15,30H,8-9,11-12,16-17H2. The van der Waals surface area contributed by atoms with Gasteiger partial charge in [0.25, 0.3) is 0 Å². The number of benzene rings is 2. The molecule has 1 fully saturated rings. The maximum atomic E-state index is 14.1. The van der Waals surface area contributed by atoms with Crippen molar-refractivity contribution in [3.63, 3.8) is 0 Å². The number of halogens is 4. The summed E-state index contributed by atoms with van der Waals surface area (Å²) in [6.07, 6.45) is -1.53. The molecule has 0 unspecified atom stereocenters. The summed E-state index contributed by atoms with van der Waals surface area (Å²) in [6.45, 7) is 2.10. The van der Waals surface area contributed by atoms with Gasteiger partial charge in [0.2, 0.25) is 5.95 Å². The molecular formula is C25H24F4N2O. The van der Waals surface area contributed by atoms with Crippen molar-refractivity contribution in [2.75, 3.05) is 19.7 Å². The number of rotatable bonds is 6. The molecule has 4 rings (SSSR count). The lowest BCUT2D eigenvalue weighted by Crippen LogP contribution is -2.43. The minimum absolute atomic E-state index is 0.000807. The first-order chi connectivity index (χ1) is 15.4. The summed E-state index contributed by atoms with van der Waals surface area (Å²) < 4.78 is 60.6. The van der Waals surface area contributed by atoms with E-state index >= 15 is 0 Å². The average Bonchev–Trinajstić information content (AvgIpc) is 2.80. The number of piperidine rings is 1. The van der Waals surface area contributed by atoms with Crippen LogP contribution in [-0.2, 0) is 22.9 Å². The molecule has 0 spiro atoms. The van der Waals surface area contributed by atoms with E-state index in [0.717, 1.165) is 38.1 Å². The molecule has 2 heterocycles. The zero-order valence-electron chi connectivity index (χ0n) is 17.5. The Morgan fingerprint density at radius 1 is 0.969 bits per heavy atom. The van der Waals surface area contributed by atoms with Crippen LogP contribution in [-0.4, -0.2) is 24.7 Å². The number of hydrogen-bond acceptors (Lipinski definition) is 3. The number of ether oxygens (including phenoxy) is 1. The third kappa shape index (κ3) is 5.00. The molecule has 2 aromatic carbocycles. The lowest BCUT2D eigenvalue weighted by molar-refractivity contribution is -0.137. The fourth-order valence-corrected chi connectivity index (χ4v) is 4.27. The monoisotopic (exact) mass is 444 g/mol. The summed E-state index contributed by atoms with van der Waals surface area (Å²) in [5.74, 6) is -0.809. The summed E-state index contributed by atoms with van der Waals surface area (Å²) in [4.78, 5) is 3.56. The maximum Gasteiger partial charge on any atom is 0.416 e. The first kappa shape index (κ1) is 22.4. The molecular weight excluding hydrogens is 420 g/mol. The van der Waals surface area contributed by atoms with Crippen LogP contribution in [0.5, 0.6) is 0 Å². The van der Waals surface area contributed by atoms with Crippen molar-refractivity contribution in [2.45, 2.75) is 31.0 Å². The van der Waals surface area contributed by atoms with E-state index < -0.39 is 17.7 Å². The van der Waals surface area contributed by atoms with Crippen LogP contribution in [0.3, 0.4) is 0 Å². The van der Waals surface area contributed by atoms with Gasteiger partial charge in [0.1, 0.15) is 0 Å². The van der Waals surface area contributed by atoms with E-state index in [4.69, 9.17) is 4.74 Å². The Morgan fingerprint density at radius 2 is 1.72 bits per heavy atom. The van der Waals surface area contributed by atoms with E-state index in [-0.39, 0.29) is 23.1 Å². The van der Waals surface area contributed by atoms with Gasteiger partial charge in [-0.1, -0.05) is 30.3 Å². The minimum Gasteiger partial charge on any atom is -0.376 e. The molecule has 0 amide bonds. The highest BCUT2D eigenvalue weighted by atomic mass is 19.4. The van der Waals surface area contributed by atoms with Crippen LogP contribution in [0.25, 0.3) is 11.1 Å². The quantitative estimate of drug-likeness (QED) is 0.389. The number of nitrogens with zero attached hydrogens (tertiary/aromatic N) is 1. The van der Waals surface area contributed by atoms with Crippen LogP contribution in [0.2, 0.25) is 0 Å². The summed E-state index contributed by atoms with van der Waals surface area (Å²) in [6, 6.07) is 16.5. The molecule has 1 aromatic heterocycles. The van der Waals surface area contributed by atoms with E-state index in [1.807, 2.05) is 18.2 Å². The van der Waals surface area contributed by atoms with E-state index in [1.165, 1.54) is 30.0 Å². The summed E-state index contributed by atoms with van der Waals surface area (Å²) in [5, 5.41) is 3.35. The van der Waals surface area contributed by atoms with Crippen molar-refractivity contribution in [3.05, 3.63) is 89.5 Å². The highest BCUT2D eigenvalue weighted by Crippen LogP contribution is 2.36. The Balaban J connectivity index is 1.58. The molecule has 1 saturated heterocycles. The second-order valence-corrected chi connectivity index (χ2v) is 8.15. The normalized spacial score (nSPS) is 16.1. The third-order valence-corrected chi connectivity index (χ3v) is 5.98. The topological polar surface area (TPSA) is 34.1 Å². The number of alkyl halides is 3. The van der Waals surface area contributed by atoms with Gasteiger partial charge in [0, 0.05) is 17.2 Å². The molecule has 1 aliphatic heterocycles. The second-order valence-electron chi connectivity index (χ2n) is 8.15. The largest absolute Gasteiger partial charge is 0.416 e. The van der Waals surface area contributed by atoms with Gasteiger partial charge < -0.3 is 10.1 Å². The molecule has 1 aliphatic rings. The van der Waals surface area contributed by atoms with E-state index in [2.05, 4.69) is 22.4 Å².